The van der Waals surface area contributed by atoms with Crippen molar-refractivity contribution in [1.29, 1.82) is 0 Å². The van der Waals surface area contributed by atoms with Gasteiger partial charge in [-0.2, -0.15) is 4.98 Å². The Morgan fingerprint density at radius 1 is 1.15 bits per heavy atom. The Kier molecular flexibility index (Phi) is 5.16. The molecule has 1 N–H and O–H groups in total. The van der Waals surface area contributed by atoms with E-state index in [1.165, 1.54) is 5.56 Å². The van der Waals surface area contributed by atoms with Gasteiger partial charge in [-0.3, -0.25) is 0 Å². The van der Waals surface area contributed by atoms with Crippen LogP contribution in [-0.2, 0) is 12.8 Å². The summed E-state index contributed by atoms with van der Waals surface area (Å²) in [5.41, 5.74) is 2.39. The largest absolute Gasteiger partial charge is 0.385 e. The molecule has 0 atom stereocenters. The van der Waals surface area contributed by atoms with Crippen LogP contribution in [0.4, 0.5) is 5.69 Å². The molecule has 2 aromatic rings. The molecule has 0 radical (unpaired) electrons. The maximum Gasteiger partial charge on any atom is 0.228 e. The zero-order chi connectivity index (χ0) is 14.4. The van der Waals surface area contributed by atoms with Crippen LogP contribution < -0.4 is 5.32 Å². The van der Waals surface area contributed by atoms with Crippen LogP contribution in [0.25, 0.3) is 0 Å². The molecule has 4 heteroatoms. The molecule has 2 rings (SSSR count). The number of nitrogens with one attached hydrogen (secondary N) is 1. The molecule has 108 valence electrons. The maximum atomic E-state index is 5.25. The van der Waals surface area contributed by atoms with E-state index in [0.717, 1.165) is 37.3 Å². The summed E-state index contributed by atoms with van der Waals surface area (Å²) < 4.78 is 5.25. The fourth-order valence-electron chi connectivity index (χ4n) is 1.90. The predicted molar refractivity (Wildman–Crippen MR) is 80.8 cm³/mol. The molecule has 0 spiro atoms. The van der Waals surface area contributed by atoms with Gasteiger partial charge in [0, 0.05) is 25.1 Å². The molecule has 0 fully saturated rings. The molecular weight excluding hydrogens is 250 g/mol. The summed E-state index contributed by atoms with van der Waals surface area (Å²) in [6.45, 7) is 7.29. The first kappa shape index (κ1) is 14.6. The highest BCUT2D eigenvalue weighted by molar-refractivity contribution is 5.44. The quantitative estimate of drug-likeness (QED) is 0.837. The summed E-state index contributed by atoms with van der Waals surface area (Å²) in [5.74, 6) is 2.20. The first-order chi connectivity index (χ1) is 9.63. The SMILES string of the molecule is Cc1ccc(NCCc2nc(CCC(C)C)no2)cc1. The van der Waals surface area contributed by atoms with Crippen molar-refractivity contribution in [1.82, 2.24) is 10.1 Å². The van der Waals surface area contributed by atoms with Gasteiger partial charge in [-0.15, -0.1) is 0 Å². The van der Waals surface area contributed by atoms with Gasteiger partial charge in [0.15, 0.2) is 5.82 Å². The Labute approximate surface area is 120 Å². The molecule has 0 aliphatic carbocycles. The topological polar surface area (TPSA) is 51.0 Å². The lowest BCUT2D eigenvalue weighted by molar-refractivity contribution is 0.373. The third-order valence-electron chi connectivity index (χ3n) is 3.18. The van der Waals surface area contributed by atoms with E-state index in [1.807, 2.05) is 0 Å². The first-order valence-corrected chi connectivity index (χ1v) is 7.25. The van der Waals surface area contributed by atoms with Crippen LogP contribution in [0.15, 0.2) is 28.8 Å². The van der Waals surface area contributed by atoms with Crippen LogP contribution in [0, 0.1) is 12.8 Å². The Hall–Kier alpha value is -1.84. The van der Waals surface area contributed by atoms with Gasteiger partial charge in [-0.1, -0.05) is 36.7 Å². The number of hydrogen-bond donors (Lipinski definition) is 1. The normalized spacial score (nSPS) is 11.0. The van der Waals surface area contributed by atoms with Crippen LogP contribution in [0.3, 0.4) is 0 Å². The Balaban J connectivity index is 1.75. The van der Waals surface area contributed by atoms with E-state index in [4.69, 9.17) is 4.52 Å². The van der Waals surface area contributed by atoms with Crippen LogP contribution in [0.1, 0.15) is 37.5 Å². The third kappa shape index (κ3) is 4.68. The maximum absolute atomic E-state index is 5.25. The first-order valence-electron chi connectivity index (χ1n) is 7.25. The molecular formula is C16H23N3O. The van der Waals surface area contributed by atoms with Crippen LogP contribution in [0.5, 0.6) is 0 Å². The summed E-state index contributed by atoms with van der Waals surface area (Å²) in [7, 11) is 0. The minimum Gasteiger partial charge on any atom is -0.385 e. The van der Waals surface area contributed by atoms with Gasteiger partial charge in [0.1, 0.15) is 0 Å². The molecule has 20 heavy (non-hydrogen) atoms. The minimum atomic E-state index is 0.667. The van der Waals surface area contributed by atoms with Gasteiger partial charge in [-0.25, -0.2) is 0 Å². The molecule has 1 aromatic carbocycles. The standard InChI is InChI=1S/C16H23N3O/c1-12(2)4-9-15-18-16(20-19-15)10-11-17-14-7-5-13(3)6-8-14/h5-8,12,17H,4,9-11H2,1-3H3. The van der Waals surface area contributed by atoms with E-state index in [9.17, 15) is 0 Å². The highest BCUT2D eigenvalue weighted by Gasteiger charge is 2.06. The smallest absolute Gasteiger partial charge is 0.228 e. The van der Waals surface area contributed by atoms with Crippen molar-refractivity contribution in [2.45, 2.75) is 40.0 Å². The monoisotopic (exact) mass is 273 g/mol. The molecule has 0 unspecified atom stereocenters. The lowest BCUT2D eigenvalue weighted by Gasteiger charge is -2.04. The molecule has 0 amide bonds. The molecule has 1 aromatic heterocycles. The Morgan fingerprint density at radius 2 is 1.90 bits per heavy atom. The van der Waals surface area contributed by atoms with Gasteiger partial charge in [-0.05, 0) is 31.4 Å². The Morgan fingerprint density at radius 3 is 2.60 bits per heavy atom. The van der Waals surface area contributed by atoms with E-state index in [1.54, 1.807) is 0 Å². The lowest BCUT2D eigenvalue weighted by atomic mass is 10.1. The number of aryl methyl sites for hydroxylation is 2. The summed E-state index contributed by atoms with van der Waals surface area (Å²) >= 11 is 0. The molecule has 0 aliphatic heterocycles. The summed E-state index contributed by atoms with van der Waals surface area (Å²) in [4.78, 5) is 4.41. The average Bonchev–Trinajstić information content (AvgIpc) is 2.87. The van der Waals surface area contributed by atoms with Crippen molar-refractivity contribution in [2.24, 2.45) is 5.92 Å². The second-order valence-corrected chi connectivity index (χ2v) is 5.58. The predicted octanol–water partition coefficient (Wildman–Crippen LogP) is 3.62. The number of anilines is 1. The van der Waals surface area contributed by atoms with E-state index in [-0.39, 0.29) is 0 Å². The lowest BCUT2D eigenvalue weighted by Crippen LogP contribution is -2.05. The minimum absolute atomic E-state index is 0.667. The third-order valence-corrected chi connectivity index (χ3v) is 3.18. The van der Waals surface area contributed by atoms with E-state index in [2.05, 4.69) is 60.5 Å². The van der Waals surface area contributed by atoms with Crippen molar-refractivity contribution in [3.05, 3.63) is 41.5 Å². The molecule has 0 saturated heterocycles. The molecule has 0 aliphatic rings. The second kappa shape index (κ2) is 7.08. The summed E-state index contributed by atoms with van der Waals surface area (Å²) in [6.07, 6.45) is 2.75. The van der Waals surface area contributed by atoms with Crippen molar-refractivity contribution in [3.8, 4) is 0 Å². The highest BCUT2D eigenvalue weighted by Crippen LogP contribution is 2.09. The van der Waals surface area contributed by atoms with Crippen molar-refractivity contribution < 1.29 is 4.52 Å². The average molecular weight is 273 g/mol. The van der Waals surface area contributed by atoms with Crippen molar-refractivity contribution >= 4 is 5.69 Å². The zero-order valence-electron chi connectivity index (χ0n) is 12.5. The molecule has 4 nitrogen and oxygen atoms in total. The number of aromatic nitrogens is 2. The molecule has 0 saturated carbocycles. The van der Waals surface area contributed by atoms with Gasteiger partial charge < -0.3 is 9.84 Å². The van der Waals surface area contributed by atoms with Gasteiger partial charge in [0.2, 0.25) is 5.89 Å². The highest BCUT2D eigenvalue weighted by atomic mass is 16.5. The fraction of sp³-hybridized carbons (Fsp3) is 0.500. The van der Waals surface area contributed by atoms with Crippen LogP contribution in [0.2, 0.25) is 0 Å². The number of benzene rings is 1. The van der Waals surface area contributed by atoms with Crippen molar-refractivity contribution in [3.63, 3.8) is 0 Å². The van der Waals surface area contributed by atoms with Crippen molar-refractivity contribution in [2.75, 3.05) is 11.9 Å². The fourth-order valence-corrected chi connectivity index (χ4v) is 1.90. The van der Waals surface area contributed by atoms with Gasteiger partial charge in [0.25, 0.3) is 0 Å². The van der Waals surface area contributed by atoms with Crippen LogP contribution >= 0.6 is 0 Å². The van der Waals surface area contributed by atoms with E-state index >= 15 is 0 Å². The van der Waals surface area contributed by atoms with Gasteiger partial charge >= 0.3 is 0 Å². The number of rotatable bonds is 7. The second-order valence-electron chi connectivity index (χ2n) is 5.58. The Bertz CT molecular complexity index is 517. The summed E-state index contributed by atoms with van der Waals surface area (Å²) in [5, 5.41) is 7.36. The molecule has 1 heterocycles. The number of hydrogen-bond acceptors (Lipinski definition) is 4. The molecule has 0 bridgehead atoms. The summed E-state index contributed by atoms with van der Waals surface area (Å²) in [6, 6.07) is 8.35. The van der Waals surface area contributed by atoms with Crippen LogP contribution in [-0.4, -0.2) is 16.7 Å². The zero-order valence-corrected chi connectivity index (χ0v) is 12.5. The number of nitrogens with zero attached hydrogens (tertiary/aromatic N) is 2. The van der Waals surface area contributed by atoms with E-state index in [0.29, 0.717) is 11.8 Å². The van der Waals surface area contributed by atoms with Gasteiger partial charge in [0.05, 0.1) is 0 Å². The van der Waals surface area contributed by atoms with E-state index < -0.39 is 0 Å².